The number of aryl methyl sites for hydroxylation is 1. The molecular weight excluding hydrogens is 427 g/mol. The van der Waals surface area contributed by atoms with E-state index < -0.39 is 24.1 Å². The highest BCUT2D eigenvalue weighted by atomic mass is 19.1. The quantitative estimate of drug-likeness (QED) is 0.575. The molecule has 0 saturated carbocycles. The molecule has 33 heavy (non-hydrogen) atoms. The number of nitrogens with two attached hydrogens (primary N) is 1. The van der Waals surface area contributed by atoms with E-state index in [1.54, 1.807) is 19.2 Å². The number of hydrogen-bond donors (Lipinski definition) is 2. The van der Waals surface area contributed by atoms with Gasteiger partial charge in [0.1, 0.15) is 18.1 Å². The van der Waals surface area contributed by atoms with Crippen molar-refractivity contribution in [3.8, 4) is 16.9 Å². The van der Waals surface area contributed by atoms with Gasteiger partial charge in [-0.1, -0.05) is 30.3 Å². The van der Waals surface area contributed by atoms with E-state index in [4.69, 9.17) is 10.5 Å². The number of methoxy groups -OCH3 is 1. The number of carboxylic acid groups (broad SMARTS) is 1. The van der Waals surface area contributed by atoms with Crippen LogP contribution in [0.15, 0.2) is 65.8 Å². The molecule has 9 heteroatoms. The van der Waals surface area contributed by atoms with Crippen LogP contribution < -0.4 is 10.5 Å². The zero-order valence-electron chi connectivity index (χ0n) is 18.2. The molecule has 2 heterocycles. The second-order valence-corrected chi connectivity index (χ2v) is 7.66. The third-order valence-corrected chi connectivity index (χ3v) is 5.78. The lowest BCUT2D eigenvalue weighted by atomic mass is 9.83. The molecule has 1 aliphatic rings. The number of ether oxygens (including phenoxy) is 1. The Morgan fingerprint density at radius 1 is 1.15 bits per heavy atom. The van der Waals surface area contributed by atoms with Crippen molar-refractivity contribution in [2.45, 2.75) is 12.1 Å². The number of carbonyl (C=O) groups excluding carboxylic acids is 1. The summed E-state index contributed by atoms with van der Waals surface area (Å²) in [5.41, 5.74) is 6.77. The van der Waals surface area contributed by atoms with Crippen molar-refractivity contribution in [3.63, 3.8) is 0 Å². The first kappa shape index (κ1) is 22.1. The number of amides is 1. The smallest absolute Gasteiger partial charge is 0.352 e. The summed E-state index contributed by atoms with van der Waals surface area (Å²) in [5, 5.41) is 9.60. The standard InChI is InChI=1S/C24H23FN4O4/c1-28-22(32)24(27-23(28)26,18-13-20(21(30)31)29(14-18)10-9-25)17-7-3-5-15(11-17)16-6-4-8-19(12-16)33-2/h3-8,11-14H,9-10H2,1-2H3,(H2,26,27)(H,30,31). The number of alkyl halides is 1. The van der Waals surface area contributed by atoms with Gasteiger partial charge in [0.15, 0.2) is 11.5 Å². The van der Waals surface area contributed by atoms with Crippen LogP contribution in [0, 0.1) is 0 Å². The molecule has 0 aliphatic carbocycles. The molecule has 2 aromatic carbocycles. The third kappa shape index (κ3) is 3.61. The first-order valence-electron chi connectivity index (χ1n) is 10.2. The molecule has 1 unspecified atom stereocenters. The van der Waals surface area contributed by atoms with Crippen LogP contribution in [0.1, 0.15) is 21.6 Å². The van der Waals surface area contributed by atoms with E-state index in [1.165, 1.54) is 28.8 Å². The Kier molecular flexibility index (Phi) is 5.63. The van der Waals surface area contributed by atoms with Crippen molar-refractivity contribution >= 4 is 17.8 Å². The average molecular weight is 450 g/mol. The number of rotatable bonds is 7. The van der Waals surface area contributed by atoms with Gasteiger partial charge in [-0.2, -0.15) is 0 Å². The van der Waals surface area contributed by atoms with Crippen LogP contribution in [0.4, 0.5) is 4.39 Å². The first-order chi connectivity index (χ1) is 15.8. The number of aromatic nitrogens is 1. The molecule has 0 spiro atoms. The Bertz CT molecular complexity index is 1270. The second kappa shape index (κ2) is 8.42. The molecule has 0 saturated heterocycles. The summed E-state index contributed by atoms with van der Waals surface area (Å²) in [4.78, 5) is 31.0. The topological polar surface area (TPSA) is 110 Å². The molecular formula is C24H23FN4O4. The van der Waals surface area contributed by atoms with Crippen LogP contribution in [-0.2, 0) is 16.9 Å². The molecule has 1 amide bonds. The van der Waals surface area contributed by atoms with Crippen molar-refractivity contribution in [1.82, 2.24) is 9.47 Å². The lowest BCUT2D eigenvalue weighted by molar-refractivity contribution is -0.129. The highest BCUT2D eigenvalue weighted by Gasteiger charge is 2.50. The Balaban J connectivity index is 1.93. The number of aromatic carboxylic acids is 1. The largest absolute Gasteiger partial charge is 0.497 e. The van der Waals surface area contributed by atoms with Gasteiger partial charge in [-0.25, -0.2) is 14.2 Å². The number of benzene rings is 2. The molecule has 1 aliphatic heterocycles. The Morgan fingerprint density at radius 2 is 1.85 bits per heavy atom. The lowest BCUT2D eigenvalue weighted by Crippen LogP contribution is -2.41. The maximum Gasteiger partial charge on any atom is 0.352 e. The van der Waals surface area contributed by atoms with Crippen LogP contribution in [0.2, 0.25) is 0 Å². The number of hydrogen-bond acceptors (Lipinski definition) is 5. The minimum atomic E-state index is -1.60. The van der Waals surface area contributed by atoms with E-state index in [0.29, 0.717) is 16.9 Å². The van der Waals surface area contributed by atoms with Crippen LogP contribution in [-0.4, -0.2) is 53.2 Å². The van der Waals surface area contributed by atoms with Gasteiger partial charge in [0.05, 0.1) is 13.7 Å². The first-order valence-corrected chi connectivity index (χ1v) is 10.2. The van der Waals surface area contributed by atoms with Gasteiger partial charge in [0.25, 0.3) is 5.91 Å². The zero-order chi connectivity index (χ0) is 23.8. The van der Waals surface area contributed by atoms with Crippen molar-refractivity contribution in [3.05, 3.63) is 77.6 Å². The molecule has 0 bridgehead atoms. The summed E-state index contributed by atoms with van der Waals surface area (Å²) in [6.45, 7) is -0.920. The average Bonchev–Trinajstić information content (AvgIpc) is 3.35. The monoisotopic (exact) mass is 450 g/mol. The van der Waals surface area contributed by atoms with E-state index in [1.807, 2.05) is 36.4 Å². The zero-order valence-corrected chi connectivity index (χ0v) is 18.2. The predicted molar refractivity (Wildman–Crippen MR) is 121 cm³/mol. The number of likely N-dealkylation sites (N-methyl/N-ethyl adjacent to an activating group) is 1. The normalized spacial score (nSPS) is 17.8. The minimum Gasteiger partial charge on any atom is -0.497 e. The summed E-state index contributed by atoms with van der Waals surface area (Å²) in [7, 11) is 3.09. The fraction of sp³-hybridized carbons (Fsp3) is 0.208. The third-order valence-electron chi connectivity index (χ3n) is 5.78. The van der Waals surface area contributed by atoms with Crippen LogP contribution in [0.25, 0.3) is 11.1 Å². The summed E-state index contributed by atoms with van der Waals surface area (Å²) < 4.78 is 19.7. The summed E-state index contributed by atoms with van der Waals surface area (Å²) in [6.07, 6.45) is 1.45. The maximum absolute atomic E-state index is 13.5. The van der Waals surface area contributed by atoms with Gasteiger partial charge in [0, 0.05) is 18.8 Å². The van der Waals surface area contributed by atoms with Gasteiger partial charge >= 0.3 is 5.97 Å². The van der Waals surface area contributed by atoms with Crippen LogP contribution in [0.3, 0.4) is 0 Å². The Labute approximate surface area is 189 Å². The second-order valence-electron chi connectivity index (χ2n) is 7.66. The number of guanidine groups is 1. The number of carbonyl (C=O) groups is 2. The molecule has 8 nitrogen and oxygen atoms in total. The number of nitrogens with zero attached hydrogens (tertiary/aromatic N) is 3. The highest BCUT2D eigenvalue weighted by molar-refractivity contribution is 6.09. The van der Waals surface area contributed by atoms with Crippen molar-refractivity contribution in [2.24, 2.45) is 10.7 Å². The fourth-order valence-electron chi connectivity index (χ4n) is 4.07. The van der Waals surface area contributed by atoms with E-state index in [0.717, 1.165) is 11.1 Å². The Hall–Kier alpha value is -4.14. The van der Waals surface area contributed by atoms with Gasteiger partial charge in [-0.3, -0.25) is 9.69 Å². The van der Waals surface area contributed by atoms with Crippen LogP contribution >= 0.6 is 0 Å². The van der Waals surface area contributed by atoms with E-state index >= 15 is 0 Å². The van der Waals surface area contributed by atoms with Crippen LogP contribution in [0.5, 0.6) is 5.75 Å². The number of halogens is 1. The SMILES string of the molecule is COc1cccc(-c2cccc(C3(c4cc(C(=O)O)n(CCF)c4)N=C(N)N(C)C3=O)c2)c1. The highest BCUT2D eigenvalue weighted by Crippen LogP contribution is 2.41. The van der Waals surface area contributed by atoms with Gasteiger partial charge in [0.2, 0.25) is 0 Å². The molecule has 3 N–H and O–H groups in total. The summed E-state index contributed by atoms with van der Waals surface area (Å²) in [5.74, 6) is -0.981. The summed E-state index contributed by atoms with van der Waals surface area (Å²) >= 11 is 0. The molecule has 1 aromatic heterocycles. The van der Waals surface area contributed by atoms with Crippen molar-refractivity contribution in [1.29, 1.82) is 0 Å². The van der Waals surface area contributed by atoms with Gasteiger partial charge in [-0.05, 0) is 41.0 Å². The minimum absolute atomic E-state index is 0.00176. The van der Waals surface area contributed by atoms with Gasteiger partial charge < -0.3 is 20.1 Å². The van der Waals surface area contributed by atoms with Crippen molar-refractivity contribution < 1.29 is 23.8 Å². The summed E-state index contributed by atoms with van der Waals surface area (Å²) in [6, 6.07) is 16.1. The maximum atomic E-state index is 13.5. The number of aliphatic imine (C=N–C) groups is 1. The molecule has 0 radical (unpaired) electrons. The van der Waals surface area contributed by atoms with E-state index in [-0.39, 0.29) is 18.2 Å². The van der Waals surface area contributed by atoms with E-state index in [2.05, 4.69) is 4.99 Å². The fourth-order valence-corrected chi connectivity index (χ4v) is 4.07. The van der Waals surface area contributed by atoms with E-state index in [9.17, 15) is 19.1 Å². The molecule has 1 atom stereocenters. The van der Waals surface area contributed by atoms with Gasteiger partial charge in [-0.15, -0.1) is 0 Å². The molecule has 170 valence electrons. The molecule has 4 rings (SSSR count). The van der Waals surface area contributed by atoms with Crippen molar-refractivity contribution in [2.75, 3.05) is 20.8 Å². The predicted octanol–water partition coefficient (Wildman–Crippen LogP) is 2.86. The molecule has 3 aromatic rings. The number of carboxylic acids is 1. The molecule has 0 fully saturated rings. The lowest BCUT2D eigenvalue weighted by Gasteiger charge is -2.25. The Morgan fingerprint density at radius 3 is 2.45 bits per heavy atom.